The number of benzene rings is 1. The molecule has 3 heterocycles. The predicted octanol–water partition coefficient (Wildman–Crippen LogP) is 2.78. The van der Waals surface area contributed by atoms with E-state index in [4.69, 9.17) is 9.84 Å². The van der Waals surface area contributed by atoms with Crippen LogP contribution in [-0.4, -0.2) is 51.7 Å². The van der Waals surface area contributed by atoms with Gasteiger partial charge in [0, 0.05) is 34.6 Å². The van der Waals surface area contributed by atoms with E-state index in [1.54, 1.807) is 18.9 Å². The molecular weight excluding hydrogens is 476 g/mol. The standard InChI is InChI=1S/C24H24N2O6S2/c1-32-13-6-3-2-5-10(13)15-16-11-9-12(19(16)33-21-20(15)34-24(31)25-21)18-17(11)22(29)26(23(18)30)8-4-7-14(27)28/h2-3,5-6,11-12,15-19H,4,7-9H2,1H3,(H,25,31)(H,27,28)/t11-,12+,15+,16-,17+,18+,19-/m1/s1. The molecule has 34 heavy (non-hydrogen) atoms. The number of nitrogens with zero attached hydrogens (tertiary/aromatic N) is 1. The summed E-state index contributed by atoms with van der Waals surface area (Å²) in [6.45, 7) is 0.162. The molecule has 2 saturated carbocycles. The topological polar surface area (TPSA) is 117 Å². The van der Waals surface area contributed by atoms with Crippen LogP contribution in [0.1, 0.15) is 35.6 Å². The maximum absolute atomic E-state index is 13.4. The number of likely N-dealkylation sites (tertiary alicyclic amines) is 1. The van der Waals surface area contributed by atoms with Crippen molar-refractivity contribution in [2.45, 2.75) is 35.5 Å². The highest BCUT2D eigenvalue weighted by molar-refractivity contribution is 8.00. The number of ether oxygens (including phenoxy) is 1. The highest BCUT2D eigenvalue weighted by atomic mass is 32.2. The van der Waals surface area contributed by atoms with E-state index in [9.17, 15) is 19.2 Å². The van der Waals surface area contributed by atoms with E-state index < -0.39 is 5.97 Å². The average molecular weight is 501 g/mol. The van der Waals surface area contributed by atoms with Gasteiger partial charge in [0.15, 0.2) is 0 Å². The van der Waals surface area contributed by atoms with Crippen molar-refractivity contribution in [3.63, 3.8) is 0 Å². The van der Waals surface area contributed by atoms with Crippen molar-refractivity contribution < 1.29 is 24.2 Å². The first-order valence-corrected chi connectivity index (χ1v) is 13.2. The number of carboxylic acids is 1. The molecule has 2 amide bonds. The first-order valence-electron chi connectivity index (χ1n) is 11.5. The second-order valence-electron chi connectivity index (χ2n) is 9.53. The Bertz CT molecular complexity index is 1250. The number of para-hydroxylation sites is 1. The van der Waals surface area contributed by atoms with Gasteiger partial charge in [-0.25, -0.2) is 0 Å². The van der Waals surface area contributed by atoms with Crippen LogP contribution in [0.2, 0.25) is 0 Å². The zero-order valence-corrected chi connectivity index (χ0v) is 20.1. The molecule has 0 unspecified atom stereocenters. The van der Waals surface area contributed by atoms with Crippen molar-refractivity contribution in [3.05, 3.63) is 44.4 Å². The Balaban J connectivity index is 1.39. The molecule has 0 spiro atoms. The number of carboxylic acid groups (broad SMARTS) is 1. The van der Waals surface area contributed by atoms with Gasteiger partial charge < -0.3 is 14.8 Å². The molecule has 1 saturated heterocycles. The molecule has 2 aliphatic carbocycles. The Morgan fingerprint density at radius 3 is 2.65 bits per heavy atom. The molecule has 10 heteroatoms. The van der Waals surface area contributed by atoms with Gasteiger partial charge >= 0.3 is 10.8 Å². The lowest BCUT2D eigenvalue weighted by molar-refractivity contribution is -0.142. The fourth-order valence-electron chi connectivity index (χ4n) is 6.96. The summed E-state index contributed by atoms with van der Waals surface area (Å²) in [5.41, 5.74) is 1.01. The van der Waals surface area contributed by atoms with Gasteiger partial charge in [-0.2, -0.15) is 0 Å². The molecule has 2 N–H and O–H groups in total. The zero-order valence-electron chi connectivity index (χ0n) is 18.4. The van der Waals surface area contributed by atoms with Crippen LogP contribution in [-0.2, 0) is 14.4 Å². The summed E-state index contributed by atoms with van der Waals surface area (Å²) >= 11 is 2.88. The molecule has 0 radical (unpaired) electrons. The number of thiazole rings is 1. The molecule has 2 aromatic rings. The summed E-state index contributed by atoms with van der Waals surface area (Å²) in [5, 5.41) is 9.94. The number of hydrogen-bond acceptors (Lipinski definition) is 7. The fraction of sp³-hybridized carbons (Fsp3) is 0.500. The molecule has 2 bridgehead atoms. The van der Waals surface area contributed by atoms with Crippen LogP contribution in [0.25, 0.3) is 0 Å². The van der Waals surface area contributed by atoms with E-state index in [0.29, 0.717) is 0 Å². The molecule has 178 valence electrons. The molecule has 1 aromatic heterocycles. The van der Waals surface area contributed by atoms with Crippen LogP contribution >= 0.6 is 23.1 Å². The molecule has 8 nitrogen and oxygen atoms in total. The highest BCUT2D eigenvalue weighted by Gasteiger charge is 2.69. The number of rotatable bonds is 6. The smallest absolute Gasteiger partial charge is 0.305 e. The Kier molecular flexibility index (Phi) is 5.14. The summed E-state index contributed by atoms with van der Waals surface area (Å²) < 4.78 is 5.69. The normalized spacial score (nSPS) is 33.1. The van der Waals surface area contributed by atoms with Gasteiger partial charge in [-0.15, -0.1) is 11.8 Å². The Morgan fingerprint density at radius 1 is 1.18 bits per heavy atom. The Morgan fingerprint density at radius 2 is 1.91 bits per heavy atom. The summed E-state index contributed by atoms with van der Waals surface area (Å²) in [5.74, 6) is -1.06. The second kappa shape index (κ2) is 7.98. The number of carbonyl (C=O) groups excluding carboxylic acids is 2. The number of hydrogen-bond donors (Lipinski definition) is 2. The number of aromatic nitrogens is 1. The minimum atomic E-state index is -0.929. The molecule has 7 atom stereocenters. The third-order valence-electron chi connectivity index (χ3n) is 8.06. The summed E-state index contributed by atoms with van der Waals surface area (Å²) in [6, 6.07) is 7.84. The van der Waals surface area contributed by atoms with E-state index in [2.05, 4.69) is 4.98 Å². The quantitative estimate of drug-likeness (QED) is 0.586. The largest absolute Gasteiger partial charge is 0.496 e. The minimum Gasteiger partial charge on any atom is -0.496 e. The van der Waals surface area contributed by atoms with Crippen molar-refractivity contribution in [1.82, 2.24) is 9.88 Å². The van der Waals surface area contributed by atoms with Gasteiger partial charge in [-0.05, 0) is 36.7 Å². The minimum absolute atomic E-state index is 0.0358. The summed E-state index contributed by atoms with van der Waals surface area (Å²) in [4.78, 5) is 55.2. The van der Waals surface area contributed by atoms with Crippen molar-refractivity contribution in [2.75, 3.05) is 13.7 Å². The maximum Gasteiger partial charge on any atom is 0.305 e. The number of H-pyrrole nitrogens is 1. The van der Waals surface area contributed by atoms with Gasteiger partial charge in [0.2, 0.25) is 11.8 Å². The van der Waals surface area contributed by atoms with Gasteiger partial charge in [-0.3, -0.25) is 24.1 Å². The van der Waals surface area contributed by atoms with E-state index in [-0.39, 0.29) is 76.8 Å². The number of carbonyl (C=O) groups is 3. The summed E-state index contributed by atoms with van der Waals surface area (Å²) in [7, 11) is 1.64. The Labute approximate surface area is 203 Å². The van der Waals surface area contributed by atoms with Crippen LogP contribution in [0.5, 0.6) is 5.75 Å². The van der Waals surface area contributed by atoms with Crippen molar-refractivity contribution in [3.8, 4) is 5.75 Å². The number of imide groups is 1. The molecule has 3 fully saturated rings. The lowest BCUT2D eigenvalue weighted by Gasteiger charge is -2.43. The van der Waals surface area contributed by atoms with Crippen molar-refractivity contribution in [2.24, 2.45) is 29.6 Å². The monoisotopic (exact) mass is 500 g/mol. The number of fused-ring (bicyclic) bond motifs is 9. The number of aromatic amines is 1. The maximum atomic E-state index is 13.4. The molecule has 1 aromatic carbocycles. The molecule has 4 aliphatic rings. The van der Waals surface area contributed by atoms with Crippen LogP contribution in [0.15, 0.2) is 34.1 Å². The summed E-state index contributed by atoms with van der Waals surface area (Å²) in [6.07, 6.45) is 1.03. The number of amides is 2. The van der Waals surface area contributed by atoms with Crippen LogP contribution in [0, 0.1) is 29.6 Å². The van der Waals surface area contributed by atoms with E-state index in [1.165, 1.54) is 16.2 Å². The first kappa shape index (κ1) is 21.9. The second-order valence-corrected chi connectivity index (χ2v) is 11.7. The van der Waals surface area contributed by atoms with Gasteiger partial charge in [0.25, 0.3) is 0 Å². The number of thioether (sulfide) groups is 1. The van der Waals surface area contributed by atoms with E-state index in [0.717, 1.165) is 27.6 Å². The molecule has 6 rings (SSSR count). The van der Waals surface area contributed by atoms with Gasteiger partial charge in [0.1, 0.15) is 5.75 Å². The third kappa shape index (κ3) is 3.04. The number of methoxy groups -OCH3 is 1. The third-order valence-corrected chi connectivity index (χ3v) is 10.6. The zero-order chi connectivity index (χ0) is 23.7. The predicted molar refractivity (Wildman–Crippen MR) is 125 cm³/mol. The molecule has 2 aliphatic heterocycles. The van der Waals surface area contributed by atoms with Crippen LogP contribution in [0.3, 0.4) is 0 Å². The van der Waals surface area contributed by atoms with Crippen molar-refractivity contribution >= 4 is 40.9 Å². The Hall–Kier alpha value is -2.59. The lowest BCUT2D eigenvalue weighted by atomic mass is 9.68. The van der Waals surface area contributed by atoms with Crippen LogP contribution in [0.4, 0.5) is 0 Å². The van der Waals surface area contributed by atoms with Crippen LogP contribution < -0.4 is 9.61 Å². The fourth-order valence-corrected chi connectivity index (χ4v) is 9.84. The number of nitrogens with one attached hydrogen (secondary N) is 1. The lowest BCUT2D eigenvalue weighted by Crippen LogP contribution is -2.42. The highest BCUT2D eigenvalue weighted by Crippen LogP contribution is 2.68. The average Bonchev–Trinajstić information content (AvgIpc) is 3.54. The van der Waals surface area contributed by atoms with Crippen molar-refractivity contribution in [1.29, 1.82) is 0 Å². The first-order chi connectivity index (χ1) is 16.4. The van der Waals surface area contributed by atoms with Gasteiger partial charge in [0.05, 0.1) is 24.0 Å². The van der Waals surface area contributed by atoms with E-state index >= 15 is 0 Å². The SMILES string of the molecule is COc1ccccc1[C@@H]1c2sc(=O)[nH]c2S[C@@H]2[C@H]3C[C@@H]([C@@H]4C(=O)N(CCCC(=O)O)C(=O)[C@@H]34)[C@H]12. The van der Waals surface area contributed by atoms with Gasteiger partial charge in [-0.1, -0.05) is 29.5 Å². The number of aliphatic carboxylic acids is 1. The molecular formula is C24H24N2O6S2. The van der Waals surface area contributed by atoms with E-state index in [1.807, 2.05) is 24.3 Å².